The van der Waals surface area contributed by atoms with Gasteiger partial charge in [0.05, 0.1) is 0 Å². The minimum absolute atomic E-state index is 0.490. The second kappa shape index (κ2) is 22.6. The van der Waals surface area contributed by atoms with Crippen molar-refractivity contribution in [3.05, 3.63) is 0 Å². The number of methoxy groups -OCH3 is 2. The van der Waals surface area contributed by atoms with Crippen molar-refractivity contribution in [1.29, 1.82) is 0 Å². The second-order valence-electron chi connectivity index (χ2n) is 7.68. The van der Waals surface area contributed by atoms with E-state index in [9.17, 15) is 4.79 Å². The van der Waals surface area contributed by atoms with Crippen molar-refractivity contribution in [2.75, 3.05) is 27.4 Å². The maximum atomic E-state index is 11.9. The Morgan fingerprint density at radius 2 is 0.731 bits per heavy atom. The molecular weight excluding hydrogens is 324 g/mol. The highest BCUT2D eigenvalue weighted by molar-refractivity contribution is 5.78. The minimum Gasteiger partial charge on any atom is -0.385 e. The van der Waals surface area contributed by atoms with E-state index in [0.717, 1.165) is 38.9 Å². The van der Waals surface area contributed by atoms with E-state index in [2.05, 4.69) is 0 Å². The lowest BCUT2D eigenvalue weighted by molar-refractivity contribution is -0.119. The molecule has 0 aliphatic rings. The molecule has 0 radical (unpaired) electrons. The van der Waals surface area contributed by atoms with Crippen LogP contribution >= 0.6 is 0 Å². The van der Waals surface area contributed by atoms with Crippen LogP contribution < -0.4 is 0 Å². The fraction of sp³-hybridized carbons (Fsp3) is 0.957. The highest BCUT2D eigenvalue weighted by Crippen LogP contribution is 2.13. The van der Waals surface area contributed by atoms with Crippen LogP contribution in [0, 0.1) is 0 Å². The first kappa shape index (κ1) is 25.6. The highest BCUT2D eigenvalue weighted by atomic mass is 16.5. The maximum Gasteiger partial charge on any atom is 0.132 e. The van der Waals surface area contributed by atoms with E-state index in [1.165, 1.54) is 89.9 Å². The molecule has 0 N–H and O–H groups in total. The number of unbranched alkanes of at least 4 members (excludes halogenated alkanes) is 14. The standard InChI is InChI=1S/C23H46O3/c1-25-21-17-13-9-5-3-7-11-15-19-23(24)20-16-12-8-4-6-10-14-18-22-26-2/h3-22H2,1-2H3. The fourth-order valence-corrected chi connectivity index (χ4v) is 3.38. The lowest BCUT2D eigenvalue weighted by Gasteiger charge is -2.04. The van der Waals surface area contributed by atoms with Gasteiger partial charge in [-0.1, -0.05) is 77.0 Å². The number of hydrogen-bond acceptors (Lipinski definition) is 3. The Bertz CT molecular complexity index is 253. The van der Waals surface area contributed by atoms with Crippen LogP contribution in [0.25, 0.3) is 0 Å². The minimum atomic E-state index is 0.490. The molecule has 0 aromatic heterocycles. The predicted molar refractivity (Wildman–Crippen MR) is 112 cm³/mol. The van der Waals surface area contributed by atoms with E-state index in [4.69, 9.17) is 9.47 Å². The van der Waals surface area contributed by atoms with Crippen molar-refractivity contribution >= 4 is 5.78 Å². The van der Waals surface area contributed by atoms with Crippen LogP contribution in [0.15, 0.2) is 0 Å². The van der Waals surface area contributed by atoms with Gasteiger partial charge in [-0.2, -0.15) is 0 Å². The van der Waals surface area contributed by atoms with Crippen LogP contribution in [0.2, 0.25) is 0 Å². The lowest BCUT2D eigenvalue weighted by Crippen LogP contribution is -1.97. The van der Waals surface area contributed by atoms with Crippen LogP contribution in [-0.2, 0) is 14.3 Å². The molecule has 0 saturated heterocycles. The molecular formula is C23H46O3. The molecule has 0 amide bonds. The zero-order valence-electron chi connectivity index (χ0n) is 17.9. The molecule has 156 valence electrons. The molecule has 0 rings (SSSR count). The summed E-state index contributed by atoms with van der Waals surface area (Å²) in [7, 11) is 3.54. The summed E-state index contributed by atoms with van der Waals surface area (Å²) in [6.07, 6.45) is 21.8. The average molecular weight is 371 g/mol. The zero-order chi connectivity index (χ0) is 19.1. The molecule has 0 aliphatic carbocycles. The van der Waals surface area contributed by atoms with Gasteiger partial charge in [-0.15, -0.1) is 0 Å². The Hall–Kier alpha value is -0.410. The van der Waals surface area contributed by atoms with Crippen molar-refractivity contribution in [1.82, 2.24) is 0 Å². The Labute approximate surface area is 163 Å². The van der Waals surface area contributed by atoms with Gasteiger partial charge in [-0.25, -0.2) is 0 Å². The molecule has 0 aliphatic heterocycles. The first-order valence-electron chi connectivity index (χ1n) is 11.3. The molecule has 0 heterocycles. The molecule has 0 aromatic carbocycles. The molecule has 0 unspecified atom stereocenters. The SMILES string of the molecule is COCCCCCCCCCCC(=O)CCCCCCCCCCOC. The third kappa shape index (κ3) is 21.6. The molecule has 3 nitrogen and oxygen atoms in total. The molecule has 0 atom stereocenters. The number of hydrogen-bond donors (Lipinski definition) is 0. The zero-order valence-corrected chi connectivity index (χ0v) is 17.9. The van der Waals surface area contributed by atoms with E-state index < -0.39 is 0 Å². The summed E-state index contributed by atoms with van der Waals surface area (Å²) < 4.78 is 10.1. The second-order valence-corrected chi connectivity index (χ2v) is 7.68. The number of ether oxygens (including phenoxy) is 2. The van der Waals surface area contributed by atoms with Gasteiger partial charge in [-0.05, 0) is 25.7 Å². The van der Waals surface area contributed by atoms with Crippen LogP contribution in [0.1, 0.15) is 116 Å². The quantitative estimate of drug-likeness (QED) is 0.195. The van der Waals surface area contributed by atoms with Crippen LogP contribution in [0.5, 0.6) is 0 Å². The highest BCUT2D eigenvalue weighted by Gasteiger charge is 2.02. The summed E-state index contributed by atoms with van der Waals surface area (Å²) in [6.45, 7) is 1.80. The molecule has 3 heteroatoms. The molecule has 0 bridgehead atoms. The van der Waals surface area contributed by atoms with Crippen molar-refractivity contribution in [2.45, 2.75) is 116 Å². The van der Waals surface area contributed by atoms with E-state index in [0.29, 0.717) is 5.78 Å². The van der Waals surface area contributed by atoms with E-state index in [1.54, 1.807) is 14.2 Å². The van der Waals surface area contributed by atoms with Crippen LogP contribution in [0.4, 0.5) is 0 Å². The number of ketones is 1. The fourth-order valence-electron chi connectivity index (χ4n) is 3.38. The lowest BCUT2D eigenvalue weighted by atomic mass is 10.0. The first-order chi connectivity index (χ1) is 12.8. The van der Waals surface area contributed by atoms with E-state index in [1.807, 2.05) is 0 Å². The number of carbonyl (C=O) groups is 1. The van der Waals surface area contributed by atoms with Gasteiger partial charge in [0.1, 0.15) is 5.78 Å². The maximum absolute atomic E-state index is 11.9. The summed E-state index contributed by atoms with van der Waals surface area (Å²) >= 11 is 0. The van der Waals surface area contributed by atoms with E-state index in [-0.39, 0.29) is 0 Å². The number of Topliss-reactive ketones (excluding diaryl/α,β-unsaturated/α-hetero) is 1. The molecule has 0 spiro atoms. The van der Waals surface area contributed by atoms with Crippen molar-refractivity contribution in [3.8, 4) is 0 Å². The van der Waals surface area contributed by atoms with Crippen molar-refractivity contribution in [3.63, 3.8) is 0 Å². The monoisotopic (exact) mass is 370 g/mol. The van der Waals surface area contributed by atoms with Crippen molar-refractivity contribution < 1.29 is 14.3 Å². The largest absolute Gasteiger partial charge is 0.385 e. The Kier molecular flexibility index (Phi) is 22.3. The van der Waals surface area contributed by atoms with Gasteiger partial charge in [0.15, 0.2) is 0 Å². The van der Waals surface area contributed by atoms with Crippen LogP contribution in [0.3, 0.4) is 0 Å². The Balaban J connectivity index is 3.13. The summed E-state index contributed by atoms with van der Waals surface area (Å²) in [4.78, 5) is 11.9. The molecule has 26 heavy (non-hydrogen) atoms. The Morgan fingerprint density at radius 1 is 0.462 bits per heavy atom. The molecule has 0 fully saturated rings. The summed E-state index contributed by atoms with van der Waals surface area (Å²) in [6, 6.07) is 0. The summed E-state index contributed by atoms with van der Waals surface area (Å²) in [5.74, 6) is 0.490. The van der Waals surface area contributed by atoms with Gasteiger partial charge in [0.25, 0.3) is 0 Å². The van der Waals surface area contributed by atoms with Gasteiger partial charge in [0, 0.05) is 40.3 Å². The van der Waals surface area contributed by atoms with Gasteiger partial charge in [0.2, 0.25) is 0 Å². The third-order valence-corrected chi connectivity index (χ3v) is 5.11. The predicted octanol–water partition coefficient (Wildman–Crippen LogP) is 6.87. The first-order valence-corrected chi connectivity index (χ1v) is 11.3. The molecule has 0 saturated carbocycles. The summed E-state index contributed by atoms with van der Waals surface area (Å²) in [5, 5.41) is 0. The summed E-state index contributed by atoms with van der Waals surface area (Å²) in [5.41, 5.74) is 0. The van der Waals surface area contributed by atoms with Gasteiger partial charge >= 0.3 is 0 Å². The smallest absolute Gasteiger partial charge is 0.132 e. The molecule has 0 aromatic rings. The topological polar surface area (TPSA) is 35.5 Å². The number of rotatable bonds is 22. The third-order valence-electron chi connectivity index (χ3n) is 5.11. The van der Waals surface area contributed by atoms with Crippen molar-refractivity contribution in [2.24, 2.45) is 0 Å². The Morgan fingerprint density at radius 3 is 1.04 bits per heavy atom. The van der Waals surface area contributed by atoms with Gasteiger partial charge in [-0.3, -0.25) is 4.79 Å². The van der Waals surface area contributed by atoms with E-state index >= 15 is 0 Å². The van der Waals surface area contributed by atoms with Gasteiger partial charge < -0.3 is 9.47 Å². The number of carbonyl (C=O) groups excluding carboxylic acids is 1. The average Bonchev–Trinajstić information content (AvgIpc) is 2.64. The van der Waals surface area contributed by atoms with Crippen LogP contribution in [-0.4, -0.2) is 33.2 Å². The normalized spacial score (nSPS) is 11.2.